The van der Waals surface area contributed by atoms with Gasteiger partial charge in [0.25, 0.3) is 0 Å². The standard InChI is InChI=1S/C11H19N/c1-8-5-6-12-10-4-2-3-9(10)7-11(8)12/h8-11H,2-7H2,1H3/t8-,9-,10-,11+/m1/s1. The van der Waals surface area contributed by atoms with Crippen molar-refractivity contribution in [1.82, 2.24) is 4.90 Å². The average molecular weight is 165 g/mol. The normalized spacial score (nSPS) is 52.8. The maximum Gasteiger partial charge on any atom is 0.0128 e. The third kappa shape index (κ3) is 0.834. The number of hydrogen-bond donors (Lipinski definition) is 0. The first-order valence-corrected chi connectivity index (χ1v) is 5.62. The van der Waals surface area contributed by atoms with E-state index in [0.717, 1.165) is 23.9 Å². The fourth-order valence-electron chi connectivity index (χ4n) is 3.86. The van der Waals surface area contributed by atoms with E-state index < -0.39 is 0 Å². The second-order valence-corrected chi connectivity index (χ2v) is 5.07. The molecule has 2 heterocycles. The molecule has 0 amide bonds. The quantitative estimate of drug-likeness (QED) is 0.532. The predicted octanol–water partition coefficient (Wildman–Crippen LogP) is 2.27. The maximum atomic E-state index is 2.84. The Morgan fingerprint density at radius 1 is 1.08 bits per heavy atom. The van der Waals surface area contributed by atoms with Crippen molar-refractivity contribution in [3.05, 3.63) is 0 Å². The van der Waals surface area contributed by atoms with Gasteiger partial charge in [0, 0.05) is 12.1 Å². The minimum Gasteiger partial charge on any atom is -0.297 e. The molecule has 0 aromatic carbocycles. The predicted molar refractivity (Wildman–Crippen MR) is 50.0 cm³/mol. The largest absolute Gasteiger partial charge is 0.297 e. The summed E-state index contributed by atoms with van der Waals surface area (Å²) in [5, 5.41) is 0. The van der Waals surface area contributed by atoms with E-state index in [2.05, 4.69) is 11.8 Å². The topological polar surface area (TPSA) is 3.24 Å². The Morgan fingerprint density at radius 3 is 2.92 bits per heavy atom. The van der Waals surface area contributed by atoms with Crippen molar-refractivity contribution >= 4 is 0 Å². The smallest absolute Gasteiger partial charge is 0.0128 e. The monoisotopic (exact) mass is 165 g/mol. The molecule has 1 aliphatic carbocycles. The first-order valence-electron chi connectivity index (χ1n) is 5.62. The fraction of sp³-hybridized carbons (Fsp3) is 1.00. The van der Waals surface area contributed by atoms with Crippen molar-refractivity contribution < 1.29 is 0 Å². The first kappa shape index (κ1) is 7.37. The molecule has 4 atom stereocenters. The van der Waals surface area contributed by atoms with E-state index in [1.807, 2.05) is 0 Å². The van der Waals surface area contributed by atoms with E-state index in [9.17, 15) is 0 Å². The zero-order chi connectivity index (χ0) is 8.13. The van der Waals surface area contributed by atoms with Crippen LogP contribution in [0.3, 0.4) is 0 Å². The van der Waals surface area contributed by atoms with Crippen molar-refractivity contribution in [3.8, 4) is 0 Å². The van der Waals surface area contributed by atoms with E-state index in [1.54, 1.807) is 0 Å². The third-order valence-electron chi connectivity index (χ3n) is 4.51. The molecule has 0 aromatic heterocycles. The lowest BCUT2D eigenvalue weighted by Crippen LogP contribution is -2.32. The molecule has 12 heavy (non-hydrogen) atoms. The highest BCUT2D eigenvalue weighted by atomic mass is 15.2. The van der Waals surface area contributed by atoms with E-state index in [0.29, 0.717) is 0 Å². The lowest BCUT2D eigenvalue weighted by atomic mass is 9.94. The summed E-state index contributed by atoms with van der Waals surface area (Å²) in [6.07, 6.45) is 7.55. The van der Waals surface area contributed by atoms with Crippen molar-refractivity contribution in [1.29, 1.82) is 0 Å². The Hall–Kier alpha value is -0.0400. The fourth-order valence-corrected chi connectivity index (χ4v) is 3.86. The third-order valence-corrected chi connectivity index (χ3v) is 4.51. The number of hydrogen-bond acceptors (Lipinski definition) is 1. The summed E-state index contributed by atoms with van der Waals surface area (Å²) >= 11 is 0. The lowest BCUT2D eigenvalue weighted by Gasteiger charge is -2.23. The molecule has 68 valence electrons. The van der Waals surface area contributed by atoms with E-state index in [1.165, 1.54) is 38.6 Å². The van der Waals surface area contributed by atoms with Crippen LogP contribution >= 0.6 is 0 Å². The average Bonchev–Trinajstić information content (AvgIpc) is 2.63. The Kier molecular flexibility index (Phi) is 1.52. The summed E-state index contributed by atoms with van der Waals surface area (Å²) in [6.45, 7) is 3.86. The Morgan fingerprint density at radius 2 is 2.00 bits per heavy atom. The van der Waals surface area contributed by atoms with Gasteiger partial charge < -0.3 is 0 Å². The van der Waals surface area contributed by atoms with Gasteiger partial charge >= 0.3 is 0 Å². The van der Waals surface area contributed by atoms with Crippen molar-refractivity contribution in [2.75, 3.05) is 6.54 Å². The molecular formula is C11H19N. The Labute approximate surface area is 75.1 Å². The zero-order valence-corrected chi connectivity index (χ0v) is 8.00. The molecule has 3 fully saturated rings. The van der Waals surface area contributed by atoms with Crippen LogP contribution in [0.15, 0.2) is 0 Å². The highest BCUT2D eigenvalue weighted by Crippen LogP contribution is 2.46. The van der Waals surface area contributed by atoms with Gasteiger partial charge in [-0.15, -0.1) is 0 Å². The molecule has 3 rings (SSSR count). The van der Waals surface area contributed by atoms with Crippen molar-refractivity contribution in [3.63, 3.8) is 0 Å². The molecule has 1 nitrogen and oxygen atoms in total. The van der Waals surface area contributed by atoms with Crippen LogP contribution in [0, 0.1) is 11.8 Å². The van der Waals surface area contributed by atoms with Gasteiger partial charge in [0.1, 0.15) is 0 Å². The second-order valence-electron chi connectivity index (χ2n) is 5.07. The van der Waals surface area contributed by atoms with Gasteiger partial charge in [0.05, 0.1) is 0 Å². The van der Waals surface area contributed by atoms with Gasteiger partial charge in [-0.25, -0.2) is 0 Å². The Balaban J connectivity index is 1.83. The van der Waals surface area contributed by atoms with Crippen LogP contribution in [-0.2, 0) is 0 Å². The second kappa shape index (κ2) is 2.47. The summed E-state index contributed by atoms with van der Waals surface area (Å²) in [6, 6.07) is 2.00. The van der Waals surface area contributed by atoms with Gasteiger partial charge in [0.2, 0.25) is 0 Å². The molecule has 1 heteroatoms. The van der Waals surface area contributed by atoms with Crippen molar-refractivity contribution in [2.24, 2.45) is 11.8 Å². The molecule has 0 radical (unpaired) electrons. The van der Waals surface area contributed by atoms with E-state index >= 15 is 0 Å². The number of nitrogens with zero attached hydrogens (tertiary/aromatic N) is 1. The molecule has 0 bridgehead atoms. The summed E-state index contributed by atoms with van der Waals surface area (Å²) < 4.78 is 0. The van der Waals surface area contributed by atoms with Crippen LogP contribution < -0.4 is 0 Å². The summed E-state index contributed by atoms with van der Waals surface area (Å²) in [4.78, 5) is 2.84. The first-order chi connectivity index (χ1) is 5.86. The van der Waals surface area contributed by atoms with Crippen LogP contribution in [0.4, 0.5) is 0 Å². The molecule has 3 aliphatic rings. The summed E-state index contributed by atoms with van der Waals surface area (Å²) in [7, 11) is 0. The van der Waals surface area contributed by atoms with E-state index in [-0.39, 0.29) is 0 Å². The highest BCUT2D eigenvalue weighted by Gasteiger charge is 2.47. The van der Waals surface area contributed by atoms with Gasteiger partial charge in [0.15, 0.2) is 0 Å². The minimum atomic E-state index is 0.986. The van der Waals surface area contributed by atoms with Crippen LogP contribution in [0.2, 0.25) is 0 Å². The van der Waals surface area contributed by atoms with Gasteiger partial charge in [-0.2, -0.15) is 0 Å². The van der Waals surface area contributed by atoms with Gasteiger partial charge in [-0.1, -0.05) is 13.3 Å². The molecule has 0 unspecified atom stereocenters. The molecule has 2 aliphatic heterocycles. The summed E-state index contributed by atoms with van der Waals surface area (Å²) in [5.41, 5.74) is 0. The molecule has 2 saturated heterocycles. The van der Waals surface area contributed by atoms with Crippen molar-refractivity contribution in [2.45, 2.75) is 51.1 Å². The van der Waals surface area contributed by atoms with E-state index in [4.69, 9.17) is 0 Å². The van der Waals surface area contributed by atoms with Crippen LogP contribution in [0.5, 0.6) is 0 Å². The molecule has 0 N–H and O–H groups in total. The van der Waals surface area contributed by atoms with Gasteiger partial charge in [-0.3, -0.25) is 4.90 Å². The van der Waals surface area contributed by atoms with Crippen LogP contribution in [-0.4, -0.2) is 23.5 Å². The minimum absolute atomic E-state index is 0.986. The molecule has 0 aromatic rings. The van der Waals surface area contributed by atoms with Crippen LogP contribution in [0.1, 0.15) is 39.0 Å². The molecule has 0 spiro atoms. The SMILES string of the molecule is C[C@@H]1CCN2[C@@H]3CCC[C@@H]3C[C@@H]12. The van der Waals surface area contributed by atoms with Gasteiger partial charge in [-0.05, 0) is 44.1 Å². The highest BCUT2D eigenvalue weighted by molar-refractivity contribution is 5.01. The van der Waals surface area contributed by atoms with Crippen LogP contribution in [0.25, 0.3) is 0 Å². The number of fused-ring (bicyclic) bond motifs is 3. The Bertz CT molecular complexity index is 187. The zero-order valence-electron chi connectivity index (χ0n) is 8.00. The lowest BCUT2D eigenvalue weighted by molar-refractivity contribution is 0.224. The maximum absolute atomic E-state index is 2.84. The number of rotatable bonds is 0. The molecular weight excluding hydrogens is 146 g/mol. The summed E-state index contributed by atoms with van der Waals surface area (Å²) in [5.74, 6) is 2.09. The molecule has 1 saturated carbocycles.